The Morgan fingerprint density at radius 3 is 1.73 bits per heavy atom. The van der Waals surface area contributed by atoms with Crippen LogP contribution in [0.2, 0.25) is 0 Å². The van der Waals surface area contributed by atoms with Gasteiger partial charge in [0.05, 0.1) is 41.7 Å². The highest BCUT2D eigenvalue weighted by Gasteiger charge is 2.26. The van der Waals surface area contributed by atoms with Crippen LogP contribution in [0.4, 0.5) is 21.0 Å². The number of carbonyl (C=O) groups is 2. The minimum Gasteiger partial charge on any atom is -0.467 e. The fraction of sp³-hybridized carbons (Fsp3) is 0.182. The van der Waals surface area contributed by atoms with Gasteiger partial charge in [0, 0.05) is 70.7 Å². The van der Waals surface area contributed by atoms with Crippen LogP contribution in [0.1, 0.15) is 40.9 Å². The maximum atomic E-state index is 12.1. The van der Waals surface area contributed by atoms with E-state index in [0.717, 1.165) is 77.6 Å². The van der Waals surface area contributed by atoms with Gasteiger partial charge in [-0.3, -0.25) is 10.2 Å². The van der Waals surface area contributed by atoms with Crippen LogP contribution in [-0.2, 0) is 24.1 Å². The predicted octanol–water partition coefficient (Wildman–Crippen LogP) is 8.51. The number of anilines is 2. The van der Waals surface area contributed by atoms with E-state index in [0.29, 0.717) is 18.8 Å². The standard InChI is InChI=1S/C22H22N4O2.C22H18N4O2/c2*27-22(23-13-17-5-3-11-28-17)24-16-9-7-14(8-10-16)20-19-12-15-4-1-2-6-18(15)21(19)26-25-20/h1-2,4,6-10,17H,3,5,11-13H2,(H,25,26)(H2,23,24,27);1-11H,12-13H2,(H,25,26)(H2,23,24,27). The van der Waals surface area contributed by atoms with Crippen molar-refractivity contribution in [1.29, 1.82) is 0 Å². The molecule has 7 aromatic rings. The quantitative estimate of drug-likeness (QED) is 0.0914. The SMILES string of the molecule is O=C(NCC1CCCO1)Nc1ccc(-c2n[nH]c3c2Cc2ccccc2-3)cc1.O=C(NCc1ccco1)Nc1ccc(-c2n[nH]c3c2Cc2ccccc2-3)cc1. The summed E-state index contributed by atoms with van der Waals surface area (Å²) in [5.74, 6) is 0.707. The van der Waals surface area contributed by atoms with Crippen molar-refractivity contribution in [2.24, 2.45) is 0 Å². The van der Waals surface area contributed by atoms with E-state index in [4.69, 9.17) is 9.15 Å². The maximum absolute atomic E-state index is 12.1. The number of ether oxygens (including phenoxy) is 1. The summed E-state index contributed by atoms with van der Waals surface area (Å²) in [4.78, 5) is 24.1. The van der Waals surface area contributed by atoms with Crippen LogP contribution in [-0.4, -0.2) is 51.7 Å². The van der Waals surface area contributed by atoms with E-state index in [1.807, 2.05) is 60.7 Å². The summed E-state index contributed by atoms with van der Waals surface area (Å²) in [6.45, 7) is 1.68. The third-order valence-corrected chi connectivity index (χ3v) is 10.4. The Balaban J connectivity index is 0.000000146. The van der Waals surface area contributed by atoms with Crippen molar-refractivity contribution in [2.75, 3.05) is 23.8 Å². The molecule has 1 fully saturated rings. The molecule has 12 nitrogen and oxygen atoms in total. The molecule has 2 aliphatic carbocycles. The highest BCUT2D eigenvalue weighted by molar-refractivity contribution is 5.91. The molecule has 4 amide bonds. The van der Waals surface area contributed by atoms with Crippen molar-refractivity contribution in [3.8, 4) is 45.0 Å². The minimum atomic E-state index is -0.278. The van der Waals surface area contributed by atoms with E-state index in [9.17, 15) is 9.59 Å². The van der Waals surface area contributed by atoms with Crippen molar-refractivity contribution in [2.45, 2.75) is 38.3 Å². The number of H-pyrrole nitrogens is 2. The summed E-state index contributed by atoms with van der Waals surface area (Å²) in [5, 5.41) is 26.7. The summed E-state index contributed by atoms with van der Waals surface area (Å²) in [6.07, 6.45) is 5.57. The summed E-state index contributed by atoms with van der Waals surface area (Å²) in [5.41, 5.74) is 15.2. The zero-order valence-electron chi connectivity index (χ0n) is 30.5. The number of hydrogen-bond acceptors (Lipinski definition) is 6. The second-order valence-corrected chi connectivity index (χ2v) is 14.0. The number of fused-ring (bicyclic) bond motifs is 6. The van der Waals surface area contributed by atoms with Crippen LogP contribution in [0, 0.1) is 0 Å². The molecule has 1 atom stereocenters. The topological polar surface area (TPSA) is 162 Å². The molecule has 1 unspecified atom stereocenters. The summed E-state index contributed by atoms with van der Waals surface area (Å²) < 4.78 is 10.7. The molecule has 1 saturated heterocycles. The van der Waals surface area contributed by atoms with E-state index < -0.39 is 0 Å². The zero-order chi connectivity index (χ0) is 37.8. The van der Waals surface area contributed by atoms with Gasteiger partial charge in [-0.15, -0.1) is 0 Å². The Morgan fingerprint density at radius 2 is 1.21 bits per heavy atom. The van der Waals surface area contributed by atoms with Crippen molar-refractivity contribution in [3.63, 3.8) is 0 Å². The summed E-state index contributed by atoms with van der Waals surface area (Å²) in [6, 6.07) is 35.4. The minimum absolute atomic E-state index is 0.138. The lowest BCUT2D eigenvalue weighted by Crippen LogP contribution is -2.34. The van der Waals surface area contributed by atoms with Crippen molar-refractivity contribution < 1.29 is 18.7 Å². The fourth-order valence-corrected chi connectivity index (χ4v) is 7.58. The van der Waals surface area contributed by atoms with Gasteiger partial charge in [-0.05, 0) is 60.4 Å². The largest absolute Gasteiger partial charge is 0.467 e. The molecule has 56 heavy (non-hydrogen) atoms. The smallest absolute Gasteiger partial charge is 0.319 e. The third-order valence-electron chi connectivity index (χ3n) is 10.4. The van der Waals surface area contributed by atoms with Crippen molar-refractivity contribution in [1.82, 2.24) is 31.0 Å². The maximum Gasteiger partial charge on any atom is 0.319 e. The zero-order valence-corrected chi connectivity index (χ0v) is 30.5. The van der Waals surface area contributed by atoms with E-state index in [1.165, 1.54) is 33.4 Å². The van der Waals surface area contributed by atoms with Gasteiger partial charge in [0.15, 0.2) is 0 Å². The lowest BCUT2D eigenvalue weighted by Gasteiger charge is -2.12. The van der Waals surface area contributed by atoms with Crippen molar-refractivity contribution >= 4 is 23.4 Å². The van der Waals surface area contributed by atoms with Gasteiger partial charge in [0.25, 0.3) is 0 Å². The molecule has 4 heterocycles. The second-order valence-electron chi connectivity index (χ2n) is 14.0. The molecular formula is C44H40N8O4. The van der Waals surface area contributed by atoms with Crippen LogP contribution in [0.15, 0.2) is 120 Å². The first-order valence-electron chi connectivity index (χ1n) is 18.8. The Morgan fingerprint density at radius 1 is 0.661 bits per heavy atom. The second kappa shape index (κ2) is 15.4. The summed E-state index contributed by atoms with van der Waals surface area (Å²) >= 11 is 0. The van der Waals surface area contributed by atoms with E-state index in [-0.39, 0.29) is 18.2 Å². The molecule has 3 aromatic heterocycles. The lowest BCUT2D eigenvalue weighted by molar-refractivity contribution is 0.112. The first-order chi connectivity index (χ1) is 27.6. The first-order valence-corrected chi connectivity index (χ1v) is 18.8. The van der Waals surface area contributed by atoms with Crippen LogP contribution in [0.5, 0.6) is 0 Å². The number of carbonyl (C=O) groups excluding carboxylic acids is 2. The predicted molar refractivity (Wildman–Crippen MR) is 215 cm³/mol. The fourth-order valence-electron chi connectivity index (χ4n) is 7.58. The number of aromatic nitrogens is 4. The molecule has 0 spiro atoms. The molecule has 12 heteroatoms. The van der Waals surface area contributed by atoms with E-state index >= 15 is 0 Å². The van der Waals surface area contributed by atoms with E-state index in [2.05, 4.69) is 84.1 Å². The first kappa shape index (κ1) is 34.8. The average molecular weight is 745 g/mol. The number of hydrogen-bond donors (Lipinski definition) is 6. The molecule has 0 saturated carbocycles. The number of rotatable bonds is 8. The van der Waals surface area contributed by atoms with E-state index in [1.54, 1.807) is 12.3 Å². The van der Waals surface area contributed by atoms with Gasteiger partial charge in [0.2, 0.25) is 0 Å². The average Bonchev–Trinajstić information content (AvgIpc) is 4.08. The number of nitrogens with one attached hydrogen (secondary N) is 6. The molecule has 3 aliphatic rings. The Kier molecular flexibility index (Phi) is 9.60. The monoisotopic (exact) mass is 744 g/mol. The Bertz CT molecular complexity index is 2480. The van der Waals surface area contributed by atoms with Crippen LogP contribution in [0.25, 0.3) is 45.0 Å². The Hall–Kier alpha value is -6.92. The van der Waals surface area contributed by atoms with Crippen molar-refractivity contribution in [3.05, 3.63) is 143 Å². The van der Waals surface area contributed by atoms with Crippen LogP contribution < -0.4 is 21.3 Å². The highest BCUT2D eigenvalue weighted by Crippen LogP contribution is 2.41. The molecule has 0 bridgehead atoms. The van der Waals surface area contributed by atoms with Gasteiger partial charge >= 0.3 is 12.1 Å². The number of aromatic amines is 2. The molecule has 1 aliphatic heterocycles. The molecule has 280 valence electrons. The van der Waals surface area contributed by atoms with Gasteiger partial charge in [-0.2, -0.15) is 10.2 Å². The van der Waals surface area contributed by atoms with Gasteiger partial charge in [-0.25, -0.2) is 9.59 Å². The summed E-state index contributed by atoms with van der Waals surface area (Å²) in [7, 11) is 0. The number of benzene rings is 4. The van der Waals surface area contributed by atoms with Crippen LogP contribution >= 0.6 is 0 Å². The number of furan rings is 1. The molecule has 10 rings (SSSR count). The molecule has 0 radical (unpaired) electrons. The van der Waals surface area contributed by atoms with Gasteiger partial charge in [-0.1, -0.05) is 72.8 Å². The highest BCUT2D eigenvalue weighted by atomic mass is 16.5. The third kappa shape index (κ3) is 7.29. The number of urea groups is 2. The number of amides is 4. The molecule has 6 N–H and O–H groups in total. The Labute approximate surface area is 323 Å². The molecule has 4 aromatic carbocycles. The van der Waals surface area contributed by atoms with Gasteiger partial charge < -0.3 is 30.4 Å². The normalized spacial score (nSPS) is 14.5. The lowest BCUT2D eigenvalue weighted by atomic mass is 10.1. The number of nitrogens with zero attached hydrogens (tertiary/aromatic N) is 2. The molecular weight excluding hydrogens is 705 g/mol. The van der Waals surface area contributed by atoms with Crippen LogP contribution in [0.3, 0.4) is 0 Å². The van der Waals surface area contributed by atoms with Gasteiger partial charge in [0.1, 0.15) is 5.76 Å².